The number of hydrogen-bond donors (Lipinski definition) is 2. The van der Waals surface area contributed by atoms with Crippen LogP contribution < -0.4 is 10.6 Å². The minimum Gasteiger partial charge on any atom is -0.354 e. The summed E-state index contributed by atoms with van der Waals surface area (Å²) in [5.74, 6) is 2.63. The predicted octanol–water partition coefficient (Wildman–Crippen LogP) is 4.26. The number of aromatic nitrogens is 1. The summed E-state index contributed by atoms with van der Waals surface area (Å²) in [6.45, 7) is 9.63. The normalized spacial score (nSPS) is 21.9. The molecule has 0 saturated heterocycles. The number of thiazole rings is 1. The molecule has 0 bridgehead atoms. The Morgan fingerprint density at radius 3 is 2.39 bits per heavy atom. The first-order valence-electron chi connectivity index (χ1n) is 8.39. The topological polar surface area (TPSA) is 49.3 Å². The van der Waals surface area contributed by atoms with Gasteiger partial charge in [0.15, 0.2) is 5.96 Å². The lowest BCUT2D eigenvalue weighted by atomic mass is 9.80. The van der Waals surface area contributed by atoms with E-state index in [1.165, 1.54) is 30.6 Å². The molecule has 132 valence electrons. The number of rotatable bonds is 4. The minimum atomic E-state index is 0. The van der Waals surface area contributed by atoms with E-state index >= 15 is 0 Å². The van der Waals surface area contributed by atoms with Gasteiger partial charge >= 0.3 is 0 Å². The number of halogens is 1. The molecule has 2 N–H and O–H groups in total. The van der Waals surface area contributed by atoms with Gasteiger partial charge in [0.05, 0.1) is 17.2 Å². The highest BCUT2D eigenvalue weighted by molar-refractivity contribution is 14.0. The van der Waals surface area contributed by atoms with Crippen molar-refractivity contribution in [3.63, 3.8) is 0 Å². The van der Waals surface area contributed by atoms with Crippen molar-refractivity contribution in [2.45, 2.75) is 66.0 Å². The summed E-state index contributed by atoms with van der Waals surface area (Å²) in [4.78, 5) is 10.1. The highest BCUT2D eigenvalue weighted by atomic mass is 127. The van der Waals surface area contributed by atoms with Gasteiger partial charge in [0.25, 0.3) is 0 Å². The fraction of sp³-hybridized carbons (Fsp3) is 0.765. The third-order valence-corrected chi connectivity index (χ3v) is 5.77. The number of aryl methyl sites for hydroxylation is 2. The van der Waals surface area contributed by atoms with E-state index in [1.54, 1.807) is 11.3 Å². The van der Waals surface area contributed by atoms with Gasteiger partial charge in [-0.2, -0.15) is 0 Å². The molecule has 0 aliphatic heterocycles. The highest BCUT2D eigenvalue weighted by Crippen LogP contribution is 2.29. The van der Waals surface area contributed by atoms with Crippen molar-refractivity contribution >= 4 is 41.3 Å². The predicted molar refractivity (Wildman–Crippen MR) is 111 cm³/mol. The maximum Gasteiger partial charge on any atom is 0.191 e. The molecule has 2 rings (SSSR count). The standard InChI is InChI=1S/C17H30N4S.HI/c1-11(2)14-6-8-15(9-7-14)21-17(18-5)19-10-16-12(3)20-13(4)22-16;/h11,14-15H,6-10H2,1-5H3,(H2,18,19,21);1H. The van der Waals surface area contributed by atoms with E-state index in [4.69, 9.17) is 0 Å². The van der Waals surface area contributed by atoms with Crippen LogP contribution in [-0.4, -0.2) is 24.0 Å². The molecule has 0 radical (unpaired) electrons. The Labute approximate surface area is 162 Å². The maximum absolute atomic E-state index is 4.47. The van der Waals surface area contributed by atoms with Crippen LogP contribution in [0.4, 0.5) is 0 Å². The highest BCUT2D eigenvalue weighted by Gasteiger charge is 2.23. The molecule has 1 aliphatic rings. The third kappa shape index (κ3) is 6.21. The number of hydrogen-bond acceptors (Lipinski definition) is 3. The SMILES string of the molecule is CN=C(NCc1sc(C)nc1C)NC1CCC(C(C)C)CC1.I. The van der Waals surface area contributed by atoms with Crippen LogP contribution in [0.1, 0.15) is 55.1 Å². The lowest BCUT2D eigenvalue weighted by Gasteiger charge is -2.32. The van der Waals surface area contributed by atoms with E-state index in [2.05, 4.69) is 48.3 Å². The van der Waals surface area contributed by atoms with Crippen molar-refractivity contribution < 1.29 is 0 Å². The van der Waals surface area contributed by atoms with Crippen LogP contribution in [0, 0.1) is 25.7 Å². The van der Waals surface area contributed by atoms with Crippen molar-refractivity contribution in [3.8, 4) is 0 Å². The molecular weight excluding hydrogens is 419 g/mol. The van der Waals surface area contributed by atoms with Crippen LogP contribution in [-0.2, 0) is 6.54 Å². The zero-order valence-corrected chi connectivity index (χ0v) is 18.1. The van der Waals surface area contributed by atoms with Crippen LogP contribution in [0.25, 0.3) is 0 Å². The van der Waals surface area contributed by atoms with Gasteiger partial charge in [-0.25, -0.2) is 4.98 Å². The van der Waals surface area contributed by atoms with Gasteiger partial charge in [-0.3, -0.25) is 4.99 Å². The molecule has 0 spiro atoms. The summed E-state index contributed by atoms with van der Waals surface area (Å²) < 4.78 is 0. The van der Waals surface area contributed by atoms with Gasteiger partial charge in [-0.15, -0.1) is 35.3 Å². The van der Waals surface area contributed by atoms with E-state index in [0.29, 0.717) is 6.04 Å². The minimum absolute atomic E-state index is 0. The van der Waals surface area contributed by atoms with Crippen molar-refractivity contribution in [2.75, 3.05) is 7.05 Å². The van der Waals surface area contributed by atoms with Gasteiger partial charge < -0.3 is 10.6 Å². The van der Waals surface area contributed by atoms with E-state index in [0.717, 1.165) is 35.0 Å². The van der Waals surface area contributed by atoms with Crippen LogP contribution in [0.2, 0.25) is 0 Å². The monoisotopic (exact) mass is 450 g/mol. The number of guanidine groups is 1. The Hall–Kier alpha value is -0.370. The van der Waals surface area contributed by atoms with E-state index in [1.807, 2.05) is 7.05 Å². The summed E-state index contributed by atoms with van der Waals surface area (Å²) in [6.07, 6.45) is 5.17. The summed E-state index contributed by atoms with van der Waals surface area (Å²) >= 11 is 1.76. The molecule has 0 unspecified atom stereocenters. The fourth-order valence-corrected chi connectivity index (χ4v) is 4.10. The Balaban J connectivity index is 0.00000264. The molecule has 1 fully saturated rings. The first-order chi connectivity index (χ1) is 10.5. The lowest BCUT2D eigenvalue weighted by Crippen LogP contribution is -2.44. The van der Waals surface area contributed by atoms with Gasteiger partial charge in [0, 0.05) is 18.0 Å². The Morgan fingerprint density at radius 1 is 1.26 bits per heavy atom. The molecular formula is C17H31IN4S. The molecule has 0 atom stereocenters. The molecule has 23 heavy (non-hydrogen) atoms. The Bertz CT molecular complexity index is 505. The van der Waals surface area contributed by atoms with Gasteiger partial charge in [-0.05, 0) is 51.4 Å². The molecule has 6 heteroatoms. The zero-order chi connectivity index (χ0) is 16.1. The van der Waals surface area contributed by atoms with Crippen molar-refractivity contribution in [2.24, 2.45) is 16.8 Å². The van der Waals surface area contributed by atoms with Crippen molar-refractivity contribution in [1.82, 2.24) is 15.6 Å². The fourth-order valence-electron chi connectivity index (χ4n) is 3.22. The Kier molecular flexibility index (Phi) is 8.82. The van der Waals surface area contributed by atoms with E-state index in [-0.39, 0.29) is 24.0 Å². The smallest absolute Gasteiger partial charge is 0.191 e. The second kappa shape index (κ2) is 9.81. The van der Waals surface area contributed by atoms with Crippen LogP contribution in [0.3, 0.4) is 0 Å². The molecule has 1 aromatic heterocycles. The largest absolute Gasteiger partial charge is 0.354 e. The molecule has 0 amide bonds. The lowest BCUT2D eigenvalue weighted by molar-refractivity contribution is 0.250. The summed E-state index contributed by atoms with van der Waals surface area (Å²) in [5, 5.41) is 8.14. The van der Waals surface area contributed by atoms with Crippen molar-refractivity contribution in [3.05, 3.63) is 15.6 Å². The maximum atomic E-state index is 4.47. The average Bonchev–Trinajstić information content (AvgIpc) is 2.81. The molecule has 4 nitrogen and oxygen atoms in total. The number of nitrogens with zero attached hydrogens (tertiary/aromatic N) is 2. The van der Waals surface area contributed by atoms with Gasteiger partial charge in [0.1, 0.15) is 0 Å². The summed E-state index contributed by atoms with van der Waals surface area (Å²) in [7, 11) is 1.85. The third-order valence-electron chi connectivity index (χ3n) is 4.70. The summed E-state index contributed by atoms with van der Waals surface area (Å²) in [6, 6.07) is 0.561. The van der Waals surface area contributed by atoms with Crippen LogP contribution in [0.15, 0.2) is 4.99 Å². The van der Waals surface area contributed by atoms with Gasteiger partial charge in [0.2, 0.25) is 0 Å². The molecule has 0 aromatic carbocycles. The second-order valence-corrected chi connectivity index (χ2v) is 7.96. The van der Waals surface area contributed by atoms with Crippen LogP contribution >= 0.6 is 35.3 Å². The quantitative estimate of drug-likeness (QED) is 0.410. The number of nitrogens with one attached hydrogen (secondary N) is 2. The Morgan fingerprint density at radius 2 is 1.91 bits per heavy atom. The van der Waals surface area contributed by atoms with E-state index in [9.17, 15) is 0 Å². The molecule has 1 heterocycles. The average molecular weight is 450 g/mol. The molecule has 1 saturated carbocycles. The zero-order valence-electron chi connectivity index (χ0n) is 15.0. The first-order valence-corrected chi connectivity index (χ1v) is 9.21. The second-order valence-electron chi connectivity index (χ2n) is 6.67. The van der Waals surface area contributed by atoms with Crippen molar-refractivity contribution in [1.29, 1.82) is 0 Å². The van der Waals surface area contributed by atoms with Gasteiger partial charge in [-0.1, -0.05) is 13.8 Å². The molecule has 1 aliphatic carbocycles. The van der Waals surface area contributed by atoms with Crippen LogP contribution in [0.5, 0.6) is 0 Å². The van der Waals surface area contributed by atoms with E-state index < -0.39 is 0 Å². The summed E-state index contributed by atoms with van der Waals surface area (Å²) in [5.41, 5.74) is 1.13. The first kappa shape index (κ1) is 20.7. The number of aliphatic imine (C=N–C) groups is 1. The molecule has 1 aromatic rings.